The van der Waals surface area contributed by atoms with Crippen molar-refractivity contribution >= 4 is 29.1 Å². The minimum atomic E-state index is -0.622. The van der Waals surface area contributed by atoms with Crippen LogP contribution < -0.4 is 5.32 Å². The lowest BCUT2D eigenvalue weighted by Crippen LogP contribution is -2.08. The Morgan fingerprint density at radius 3 is 2.81 bits per heavy atom. The highest BCUT2D eigenvalue weighted by Gasteiger charge is 2.14. The number of esters is 1. The number of carbonyl (C=O) groups excluding carboxylic acids is 1. The monoisotopic (exact) mass is 310 g/mol. The fourth-order valence-electron chi connectivity index (χ4n) is 1.69. The zero-order chi connectivity index (χ0) is 15.4. The number of anilines is 1. The van der Waals surface area contributed by atoms with E-state index in [1.807, 2.05) is 0 Å². The van der Waals surface area contributed by atoms with Gasteiger partial charge in [-0.05, 0) is 24.3 Å². The van der Waals surface area contributed by atoms with E-state index in [2.05, 4.69) is 10.1 Å². The summed E-state index contributed by atoms with van der Waals surface area (Å²) in [6, 6.07) is 7.40. The molecule has 0 amide bonds. The number of furan rings is 1. The molecule has 0 aliphatic carbocycles. The third kappa shape index (κ3) is 3.51. The van der Waals surface area contributed by atoms with Gasteiger partial charge in [-0.3, -0.25) is 10.1 Å². The van der Waals surface area contributed by atoms with Gasteiger partial charge in [-0.2, -0.15) is 0 Å². The third-order valence-corrected chi connectivity index (χ3v) is 2.90. The number of rotatable bonds is 5. The van der Waals surface area contributed by atoms with Crippen LogP contribution in [0.2, 0.25) is 5.02 Å². The minimum absolute atomic E-state index is 0.165. The number of carbonyl (C=O) groups is 1. The SMILES string of the molecule is COC(=O)c1ccc(Cl)cc1NCc1ccc([N+](=O)[O-])o1. The van der Waals surface area contributed by atoms with Crippen molar-refractivity contribution < 1.29 is 18.9 Å². The van der Waals surface area contributed by atoms with Crippen LogP contribution >= 0.6 is 11.6 Å². The summed E-state index contributed by atoms with van der Waals surface area (Å²) < 4.78 is 9.68. The molecule has 1 aromatic heterocycles. The number of hydrogen-bond donors (Lipinski definition) is 1. The Morgan fingerprint density at radius 1 is 1.43 bits per heavy atom. The van der Waals surface area contributed by atoms with Gasteiger partial charge in [0.1, 0.15) is 10.7 Å². The molecule has 1 heterocycles. The van der Waals surface area contributed by atoms with Gasteiger partial charge in [-0.1, -0.05) is 11.6 Å². The Balaban J connectivity index is 2.16. The normalized spacial score (nSPS) is 10.2. The highest BCUT2D eigenvalue weighted by atomic mass is 35.5. The summed E-state index contributed by atoms with van der Waals surface area (Å²) in [5.41, 5.74) is 0.761. The number of methoxy groups -OCH3 is 1. The molecule has 21 heavy (non-hydrogen) atoms. The first-order valence-electron chi connectivity index (χ1n) is 5.86. The molecule has 0 aliphatic heterocycles. The molecule has 8 heteroatoms. The van der Waals surface area contributed by atoms with Gasteiger partial charge in [0.2, 0.25) is 0 Å². The molecule has 0 saturated carbocycles. The number of ether oxygens (including phenoxy) is 1. The van der Waals surface area contributed by atoms with Crippen molar-refractivity contribution in [2.75, 3.05) is 12.4 Å². The van der Waals surface area contributed by atoms with Gasteiger partial charge in [0.25, 0.3) is 0 Å². The molecule has 2 aromatic rings. The van der Waals surface area contributed by atoms with Crippen LogP contribution in [0.15, 0.2) is 34.7 Å². The molecule has 2 rings (SSSR count). The molecule has 0 atom stereocenters. The zero-order valence-corrected chi connectivity index (χ0v) is 11.7. The van der Waals surface area contributed by atoms with E-state index in [9.17, 15) is 14.9 Å². The predicted molar refractivity (Wildman–Crippen MR) is 75.5 cm³/mol. The summed E-state index contributed by atoms with van der Waals surface area (Å²) in [5, 5.41) is 13.9. The van der Waals surface area contributed by atoms with E-state index in [0.717, 1.165) is 0 Å². The quantitative estimate of drug-likeness (QED) is 0.517. The number of hydrogen-bond acceptors (Lipinski definition) is 6. The lowest BCUT2D eigenvalue weighted by molar-refractivity contribution is -0.402. The number of nitrogens with zero attached hydrogens (tertiary/aromatic N) is 1. The molecule has 7 nitrogen and oxygen atoms in total. The van der Waals surface area contributed by atoms with Crippen LogP contribution in [0.3, 0.4) is 0 Å². The highest BCUT2D eigenvalue weighted by Crippen LogP contribution is 2.23. The van der Waals surface area contributed by atoms with E-state index < -0.39 is 10.9 Å². The Kier molecular flexibility index (Phi) is 4.44. The average molecular weight is 311 g/mol. The number of nitrogens with one attached hydrogen (secondary N) is 1. The smallest absolute Gasteiger partial charge is 0.433 e. The molecule has 0 aliphatic rings. The first-order valence-corrected chi connectivity index (χ1v) is 6.24. The molecule has 0 radical (unpaired) electrons. The second kappa shape index (κ2) is 6.27. The van der Waals surface area contributed by atoms with Crippen molar-refractivity contribution in [3.8, 4) is 0 Å². The molecule has 1 aromatic carbocycles. The first kappa shape index (κ1) is 14.9. The van der Waals surface area contributed by atoms with Crippen molar-refractivity contribution in [3.05, 3.63) is 56.8 Å². The van der Waals surface area contributed by atoms with E-state index in [1.165, 1.54) is 25.3 Å². The van der Waals surface area contributed by atoms with E-state index in [0.29, 0.717) is 22.0 Å². The van der Waals surface area contributed by atoms with Crippen molar-refractivity contribution in [1.82, 2.24) is 0 Å². The molecular formula is C13H11ClN2O5. The highest BCUT2D eigenvalue weighted by molar-refractivity contribution is 6.31. The summed E-state index contributed by atoms with van der Waals surface area (Å²) >= 11 is 5.89. The fraction of sp³-hybridized carbons (Fsp3) is 0.154. The maximum atomic E-state index is 11.6. The summed E-state index contributed by atoms with van der Waals surface area (Å²) in [5.74, 6) is -0.497. The topological polar surface area (TPSA) is 94.6 Å². The van der Waals surface area contributed by atoms with Gasteiger partial charge >= 0.3 is 11.9 Å². The zero-order valence-electron chi connectivity index (χ0n) is 11.0. The van der Waals surface area contributed by atoms with Crippen LogP contribution in [0, 0.1) is 10.1 Å². The second-order valence-corrected chi connectivity index (χ2v) is 4.47. The molecular weight excluding hydrogens is 300 g/mol. The maximum absolute atomic E-state index is 11.6. The average Bonchev–Trinajstić information content (AvgIpc) is 2.93. The largest absolute Gasteiger partial charge is 0.465 e. The van der Waals surface area contributed by atoms with Gasteiger partial charge < -0.3 is 14.5 Å². The van der Waals surface area contributed by atoms with E-state index >= 15 is 0 Å². The lowest BCUT2D eigenvalue weighted by atomic mass is 10.1. The Labute approximate surface area is 124 Å². The Bertz CT molecular complexity index is 683. The van der Waals surface area contributed by atoms with Crippen LogP contribution in [0.5, 0.6) is 0 Å². The molecule has 0 fully saturated rings. The second-order valence-electron chi connectivity index (χ2n) is 4.03. The van der Waals surface area contributed by atoms with Gasteiger partial charge in [-0.25, -0.2) is 4.79 Å². The standard InChI is InChI=1S/C13H11ClN2O5/c1-20-13(17)10-4-2-8(14)6-11(10)15-7-9-3-5-12(21-9)16(18)19/h2-6,15H,7H2,1H3. The van der Waals surface area contributed by atoms with E-state index in [4.69, 9.17) is 16.0 Å². The summed E-state index contributed by atoms with van der Waals surface area (Å²) in [6.07, 6.45) is 0. The summed E-state index contributed by atoms with van der Waals surface area (Å²) in [7, 11) is 1.27. The Morgan fingerprint density at radius 2 is 2.19 bits per heavy atom. The molecule has 110 valence electrons. The lowest BCUT2D eigenvalue weighted by Gasteiger charge is -2.10. The van der Waals surface area contributed by atoms with Crippen LogP contribution in [-0.2, 0) is 11.3 Å². The first-order chi connectivity index (χ1) is 10.0. The van der Waals surface area contributed by atoms with Gasteiger partial charge in [0.15, 0.2) is 0 Å². The van der Waals surface area contributed by atoms with E-state index in [-0.39, 0.29) is 12.4 Å². The number of nitro groups is 1. The maximum Gasteiger partial charge on any atom is 0.433 e. The van der Waals surface area contributed by atoms with Crippen LogP contribution in [0.25, 0.3) is 0 Å². The van der Waals surface area contributed by atoms with Gasteiger partial charge in [0, 0.05) is 5.02 Å². The van der Waals surface area contributed by atoms with Crippen molar-refractivity contribution in [2.24, 2.45) is 0 Å². The van der Waals surface area contributed by atoms with Crippen molar-refractivity contribution in [3.63, 3.8) is 0 Å². The molecule has 0 saturated heterocycles. The molecule has 0 bridgehead atoms. The van der Waals surface area contributed by atoms with Gasteiger partial charge in [0.05, 0.1) is 31.0 Å². The van der Waals surface area contributed by atoms with Crippen LogP contribution in [-0.4, -0.2) is 18.0 Å². The third-order valence-electron chi connectivity index (χ3n) is 2.67. The molecule has 0 unspecified atom stereocenters. The van der Waals surface area contributed by atoms with Crippen molar-refractivity contribution in [2.45, 2.75) is 6.54 Å². The van der Waals surface area contributed by atoms with Crippen LogP contribution in [0.1, 0.15) is 16.1 Å². The number of benzene rings is 1. The number of halogens is 1. The summed E-state index contributed by atoms with van der Waals surface area (Å²) in [6.45, 7) is 0.165. The van der Waals surface area contributed by atoms with Gasteiger partial charge in [-0.15, -0.1) is 0 Å². The van der Waals surface area contributed by atoms with Crippen molar-refractivity contribution in [1.29, 1.82) is 0 Å². The molecule has 1 N–H and O–H groups in total. The van der Waals surface area contributed by atoms with E-state index in [1.54, 1.807) is 12.1 Å². The summed E-state index contributed by atoms with van der Waals surface area (Å²) in [4.78, 5) is 21.5. The molecule has 0 spiro atoms. The predicted octanol–water partition coefficient (Wildman–Crippen LogP) is 3.24. The minimum Gasteiger partial charge on any atom is -0.465 e. The Hall–Kier alpha value is -2.54. The fourth-order valence-corrected chi connectivity index (χ4v) is 1.86. The van der Waals surface area contributed by atoms with Crippen LogP contribution in [0.4, 0.5) is 11.6 Å².